The van der Waals surface area contributed by atoms with Gasteiger partial charge >= 0.3 is 0 Å². The van der Waals surface area contributed by atoms with Crippen molar-refractivity contribution >= 4 is 46.3 Å². The molecule has 0 atom stereocenters. The molecule has 0 spiro atoms. The number of hydrogen-bond donors (Lipinski definition) is 2. The molecule has 5 aromatic rings. The summed E-state index contributed by atoms with van der Waals surface area (Å²) in [6, 6.07) is 26.0. The number of carbonyl (C=O) groups excluding carboxylic acids is 3. The minimum atomic E-state index is -0.260. The average Bonchev–Trinajstić information content (AvgIpc) is 3.77. The molecule has 1 fully saturated rings. The van der Waals surface area contributed by atoms with Crippen LogP contribution >= 0.6 is 11.3 Å². The summed E-state index contributed by atoms with van der Waals surface area (Å²) in [4.78, 5) is 54.8. The van der Waals surface area contributed by atoms with Crippen LogP contribution in [0.25, 0.3) is 10.4 Å². The molecule has 0 bridgehead atoms. The Morgan fingerprint density at radius 2 is 1.63 bits per heavy atom. The van der Waals surface area contributed by atoms with Gasteiger partial charge in [0.05, 0.1) is 28.4 Å². The first-order valence-electron chi connectivity index (χ1n) is 15.4. The summed E-state index contributed by atoms with van der Waals surface area (Å²) >= 11 is 1.44. The molecular formula is C36H32N6O3S. The van der Waals surface area contributed by atoms with Gasteiger partial charge in [-0.15, -0.1) is 11.3 Å². The van der Waals surface area contributed by atoms with E-state index in [-0.39, 0.29) is 17.7 Å². The van der Waals surface area contributed by atoms with Crippen molar-refractivity contribution in [3.63, 3.8) is 0 Å². The molecule has 5 heterocycles. The third kappa shape index (κ3) is 5.99. The van der Waals surface area contributed by atoms with E-state index in [2.05, 4.69) is 25.5 Å². The van der Waals surface area contributed by atoms with Gasteiger partial charge < -0.3 is 20.4 Å². The smallest absolute Gasteiger partial charge is 0.261 e. The maximum Gasteiger partial charge on any atom is 0.261 e. The van der Waals surface area contributed by atoms with Crippen LogP contribution in [-0.4, -0.2) is 47.3 Å². The molecule has 9 nitrogen and oxygen atoms in total. The zero-order valence-electron chi connectivity index (χ0n) is 25.1. The first-order valence-corrected chi connectivity index (χ1v) is 16.2. The van der Waals surface area contributed by atoms with E-state index in [4.69, 9.17) is 0 Å². The number of amides is 3. The average molecular weight is 629 g/mol. The number of rotatable bonds is 7. The lowest BCUT2D eigenvalue weighted by Gasteiger charge is -2.23. The van der Waals surface area contributed by atoms with Gasteiger partial charge in [0.15, 0.2) is 0 Å². The molecule has 3 amide bonds. The second-order valence-corrected chi connectivity index (χ2v) is 12.3. The van der Waals surface area contributed by atoms with E-state index < -0.39 is 0 Å². The summed E-state index contributed by atoms with van der Waals surface area (Å²) in [6.45, 7) is 2.56. The lowest BCUT2D eigenvalue weighted by atomic mass is 10.1. The summed E-state index contributed by atoms with van der Waals surface area (Å²) in [5.41, 5.74) is 5.04. The molecule has 46 heavy (non-hydrogen) atoms. The molecule has 2 aliphatic heterocycles. The molecular weight excluding hydrogens is 597 g/mol. The molecule has 0 aliphatic carbocycles. The Morgan fingerprint density at radius 1 is 0.804 bits per heavy atom. The Bertz CT molecular complexity index is 1920. The third-order valence-electron chi connectivity index (χ3n) is 8.28. The van der Waals surface area contributed by atoms with Crippen LogP contribution in [0.2, 0.25) is 0 Å². The normalized spacial score (nSPS) is 13.8. The topological polar surface area (TPSA) is 108 Å². The van der Waals surface area contributed by atoms with Crippen LogP contribution < -0.4 is 20.4 Å². The van der Waals surface area contributed by atoms with E-state index in [0.717, 1.165) is 53.3 Å². The van der Waals surface area contributed by atoms with Gasteiger partial charge in [-0.1, -0.05) is 30.3 Å². The Balaban J connectivity index is 1.10. The van der Waals surface area contributed by atoms with Crippen LogP contribution in [0.15, 0.2) is 97.3 Å². The SMILES string of the molecule is O=C(NCc1ccccn1)c1cc2c(s1)-c1ccccc1N(C(=O)c1cccc(NC(=O)c3cccnc3N3CCCC3)c1)CC2. The van der Waals surface area contributed by atoms with Crippen molar-refractivity contribution in [2.24, 2.45) is 0 Å². The summed E-state index contributed by atoms with van der Waals surface area (Å²) in [7, 11) is 0. The number of pyridine rings is 2. The maximum atomic E-state index is 14.0. The Morgan fingerprint density at radius 3 is 2.48 bits per heavy atom. The number of hydrogen-bond acceptors (Lipinski definition) is 7. The number of thiophene rings is 1. The number of nitrogens with one attached hydrogen (secondary N) is 2. The van der Waals surface area contributed by atoms with Crippen molar-refractivity contribution in [3.8, 4) is 10.4 Å². The van der Waals surface area contributed by atoms with E-state index in [9.17, 15) is 14.4 Å². The van der Waals surface area contributed by atoms with Crippen molar-refractivity contribution in [3.05, 3.63) is 125 Å². The lowest BCUT2D eigenvalue weighted by Crippen LogP contribution is -2.32. The fourth-order valence-electron chi connectivity index (χ4n) is 6.02. The minimum Gasteiger partial charge on any atom is -0.356 e. The van der Waals surface area contributed by atoms with Crippen LogP contribution in [0.1, 0.15) is 54.5 Å². The number of para-hydroxylation sites is 1. The Labute approximate surface area is 270 Å². The second-order valence-electron chi connectivity index (χ2n) is 11.3. The van der Waals surface area contributed by atoms with Crippen LogP contribution in [0.3, 0.4) is 0 Å². The molecule has 230 valence electrons. The quantitative estimate of drug-likeness (QED) is 0.223. The molecule has 2 aromatic carbocycles. The van der Waals surface area contributed by atoms with E-state index in [1.165, 1.54) is 11.3 Å². The Hall–Kier alpha value is -5.35. The van der Waals surface area contributed by atoms with Gasteiger partial charge in [0.25, 0.3) is 17.7 Å². The van der Waals surface area contributed by atoms with Crippen molar-refractivity contribution in [1.29, 1.82) is 0 Å². The number of aromatic nitrogens is 2. The van der Waals surface area contributed by atoms with E-state index in [1.54, 1.807) is 53.7 Å². The maximum absolute atomic E-state index is 14.0. The highest BCUT2D eigenvalue weighted by atomic mass is 32.1. The van der Waals surface area contributed by atoms with Crippen LogP contribution in [0.4, 0.5) is 17.2 Å². The first-order chi connectivity index (χ1) is 22.5. The number of anilines is 3. The van der Waals surface area contributed by atoms with Crippen molar-refractivity contribution in [2.75, 3.05) is 34.8 Å². The molecule has 0 radical (unpaired) electrons. The van der Waals surface area contributed by atoms with Crippen LogP contribution in [-0.2, 0) is 13.0 Å². The molecule has 0 saturated carbocycles. The highest BCUT2D eigenvalue weighted by Crippen LogP contribution is 2.42. The summed E-state index contributed by atoms with van der Waals surface area (Å²) < 4.78 is 0. The van der Waals surface area contributed by atoms with Crippen LogP contribution in [0.5, 0.6) is 0 Å². The molecule has 3 aromatic heterocycles. The van der Waals surface area contributed by atoms with Crippen molar-refractivity contribution in [2.45, 2.75) is 25.8 Å². The summed E-state index contributed by atoms with van der Waals surface area (Å²) in [5.74, 6) is 0.120. The molecule has 2 N–H and O–H groups in total. The van der Waals surface area contributed by atoms with E-state index in [1.807, 2.05) is 48.5 Å². The predicted octanol–water partition coefficient (Wildman–Crippen LogP) is 6.19. The predicted molar refractivity (Wildman–Crippen MR) is 181 cm³/mol. The monoisotopic (exact) mass is 628 g/mol. The van der Waals surface area contributed by atoms with Gasteiger partial charge in [0, 0.05) is 53.7 Å². The molecule has 1 saturated heterocycles. The fraction of sp³-hybridized carbons (Fsp3) is 0.194. The highest BCUT2D eigenvalue weighted by molar-refractivity contribution is 7.17. The number of nitrogens with zero attached hydrogens (tertiary/aromatic N) is 4. The van der Waals surface area contributed by atoms with Gasteiger partial charge in [-0.3, -0.25) is 19.4 Å². The van der Waals surface area contributed by atoms with Gasteiger partial charge in [-0.2, -0.15) is 0 Å². The minimum absolute atomic E-state index is 0.146. The zero-order valence-corrected chi connectivity index (χ0v) is 25.9. The second kappa shape index (κ2) is 12.9. The number of carbonyl (C=O) groups is 3. The highest BCUT2D eigenvalue weighted by Gasteiger charge is 2.28. The standard InChI is InChI=1S/C36H32N6O3S/c43-34(29-13-8-17-38-33(29)41-18-5-6-19-41)40-26-11-7-9-25(21-26)36(45)42-20-15-24-22-31(35(44)39-23-27-10-3-4-16-37-27)46-32(24)28-12-1-2-14-30(28)42/h1-4,7-14,16-17,21-22H,5-6,15,18-20,23H2,(H,39,44)(H,40,43). The molecule has 7 rings (SSSR count). The van der Waals surface area contributed by atoms with Gasteiger partial charge in [-0.25, -0.2) is 4.98 Å². The third-order valence-corrected chi connectivity index (χ3v) is 9.49. The van der Waals surface area contributed by atoms with Crippen molar-refractivity contribution < 1.29 is 14.4 Å². The molecule has 2 aliphatic rings. The first kappa shape index (κ1) is 29.4. The summed E-state index contributed by atoms with van der Waals surface area (Å²) in [5, 5.41) is 5.95. The zero-order chi connectivity index (χ0) is 31.5. The van der Waals surface area contributed by atoms with Crippen LogP contribution in [0, 0.1) is 0 Å². The van der Waals surface area contributed by atoms with Gasteiger partial charge in [-0.05, 0) is 79.4 Å². The van der Waals surface area contributed by atoms with Gasteiger partial charge in [0.2, 0.25) is 0 Å². The fourth-order valence-corrected chi connectivity index (χ4v) is 7.18. The number of fused-ring (bicyclic) bond motifs is 3. The number of benzene rings is 2. The van der Waals surface area contributed by atoms with Crippen molar-refractivity contribution in [1.82, 2.24) is 15.3 Å². The van der Waals surface area contributed by atoms with Gasteiger partial charge in [0.1, 0.15) is 5.82 Å². The van der Waals surface area contributed by atoms with E-state index >= 15 is 0 Å². The molecule has 10 heteroatoms. The molecule has 0 unspecified atom stereocenters. The lowest BCUT2D eigenvalue weighted by molar-refractivity contribution is 0.0952. The summed E-state index contributed by atoms with van der Waals surface area (Å²) in [6.07, 6.45) is 6.17. The Kier molecular flexibility index (Phi) is 8.26. The largest absolute Gasteiger partial charge is 0.356 e. The van der Waals surface area contributed by atoms with E-state index in [0.29, 0.717) is 47.0 Å².